The van der Waals surface area contributed by atoms with Gasteiger partial charge in [0.2, 0.25) is 0 Å². The first kappa shape index (κ1) is 29.4. The van der Waals surface area contributed by atoms with E-state index >= 15 is 0 Å². The number of carboxylic acid groups (broad SMARTS) is 3. The summed E-state index contributed by atoms with van der Waals surface area (Å²) < 4.78 is 13.5. The molecule has 2 unspecified atom stereocenters. The van der Waals surface area contributed by atoms with Gasteiger partial charge in [-0.25, -0.2) is 19.2 Å². The molecule has 1 rings (SSSR count). The number of alkyl carbamates (subject to hydrolysis) is 1. The highest BCUT2D eigenvalue weighted by atomic mass is 16.6. The van der Waals surface area contributed by atoms with E-state index in [0.29, 0.717) is 32.1 Å². The van der Waals surface area contributed by atoms with Crippen LogP contribution in [0.5, 0.6) is 0 Å². The fourth-order valence-corrected chi connectivity index (χ4v) is 2.71. The highest BCUT2D eigenvalue weighted by Gasteiger charge is 2.37. The molecule has 0 spiro atoms. The van der Waals surface area contributed by atoms with Crippen molar-refractivity contribution in [2.24, 2.45) is 0 Å². The zero-order valence-corrected chi connectivity index (χ0v) is 18.5. The van der Waals surface area contributed by atoms with Crippen molar-refractivity contribution in [1.82, 2.24) is 10.2 Å². The summed E-state index contributed by atoms with van der Waals surface area (Å²) >= 11 is 0. The molecule has 0 aromatic carbocycles. The lowest BCUT2D eigenvalue weighted by atomic mass is 10.1. The van der Waals surface area contributed by atoms with Crippen LogP contribution in [0, 0.1) is 0 Å². The summed E-state index contributed by atoms with van der Waals surface area (Å²) in [4.78, 5) is 65.8. The van der Waals surface area contributed by atoms with Crippen molar-refractivity contribution < 1.29 is 58.3 Å². The lowest BCUT2D eigenvalue weighted by molar-refractivity contribution is -0.140. The smallest absolute Gasteiger partial charge is 0.412 e. The highest BCUT2D eigenvalue weighted by Crippen LogP contribution is 2.18. The molecule has 1 fully saturated rings. The molecule has 1 heterocycles. The van der Waals surface area contributed by atoms with E-state index < -0.39 is 48.1 Å². The predicted molar refractivity (Wildman–Crippen MR) is 108 cm³/mol. The predicted octanol–water partition coefficient (Wildman–Crippen LogP) is 1.02. The van der Waals surface area contributed by atoms with Gasteiger partial charge in [0.25, 0.3) is 0 Å². The van der Waals surface area contributed by atoms with Crippen LogP contribution in [0.4, 0.5) is 9.59 Å². The maximum absolute atomic E-state index is 11.3. The Morgan fingerprint density at radius 1 is 1.00 bits per heavy atom. The molecule has 1 aliphatic rings. The summed E-state index contributed by atoms with van der Waals surface area (Å²) in [7, 11) is 2.37. The Hall–Kier alpha value is -3.58. The Morgan fingerprint density at radius 2 is 1.58 bits per heavy atom. The largest absolute Gasteiger partial charge is 0.481 e. The van der Waals surface area contributed by atoms with E-state index in [0.717, 1.165) is 7.11 Å². The summed E-state index contributed by atoms with van der Waals surface area (Å²) in [6.45, 7) is -0.102. The van der Waals surface area contributed by atoms with Gasteiger partial charge in [0.15, 0.2) is 6.73 Å². The summed E-state index contributed by atoms with van der Waals surface area (Å²) in [6.07, 6.45) is 0.983. The maximum Gasteiger partial charge on any atom is 0.412 e. The number of carbonyl (C=O) groups excluding carboxylic acids is 3. The van der Waals surface area contributed by atoms with Crippen molar-refractivity contribution in [3.8, 4) is 0 Å². The van der Waals surface area contributed by atoms with Crippen LogP contribution in [0.25, 0.3) is 0 Å². The number of unbranched alkanes of at least 4 members (excludes halogenated alkanes) is 2. The van der Waals surface area contributed by atoms with Gasteiger partial charge < -0.3 is 34.8 Å². The van der Waals surface area contributed by atoms with Crippen molar-refractivity contribution in [1.29, 1.82) is 0 Å². The molecule has 0 saturated carbocycles. The van der Waals surface area contributed by atoms with Crippen LogP contribution in [0.3, 0.4) is 0 Å². The van der Waals surface area contributed by atoms with Gasteiger partial charge in [-0.1, -0.05) is 12.8 Å². The summed E-state index contributed by atoms with van der Waals surface area (Å²) in [5, 5.41) is 27.7. The molecule has 0 radical (unpaired) electrons. The zero-order valence-electron chi connectivity index (χ0n) is 18.5. The van der Waals surface area contributed by atoms with Gasteiger partial charge in [-0.05, 0) is 25.7 Å². The van der Waals surface area contributed by atoms with E-state index in [4.69, 9.17) is 20.1 Å². The molecule has 188 valence electrons. The Morgan fingerprint density at radius 3 is 2.06 bits per heavy atom. The van der Waals surface area contributed by atoms with Gasteiger partial charge in [0, 0.05) is 12.8 Å². The summed E-state index contributed by atoms with van der Waals surface area (Å²) in [5.41, 5.74) is 0. The molecule has 0 aromatic heterocycles. The number of carboxylic acids is 3. The van der Waals surface area contributed by atoms with Gasteiger partial charge in [0.1, 0.15) is 12.1 Å². The van der Waals surface area contributed by atoms with E-state index in [9.17, 15) is 28.8 Å². The number of cyclic esters (lactones) is 1. The van der Waals surface area contributed by atoms with Crippen LogP contribution in [0.1, 0.15) is 51.4 Å². The normalized spacial score (nSPS) is 15.4. The molecule has 2 atom stereocenters. The number of aliphatic carboxylic acids is 3. The zero-order chi connectivity index (χ0) is 25.4. The van der Waals surface area contributed by atoms with Crippen molar-refractivity contribution in [3.63, 3.8) is 0 Å². The van der Waals surface area contributed by atoms with Crippen molar-refractivity contribution in [2.45, 2.75) is 63.5 Å². The van der Waals surface area contributed by atoms with Crippen molar-refractivity contribution in [3.05, 3.63) is 0 Å². The van der Waals surface area contributed by atoms with Gasteiger partial charge in [-0.15, -0.1) is 0 Å². The van der Waals surface area contributed by atoms with Gasteiger partial charge in [0.05, 0.1) is 14.2 Å². The third kappa shape index (κ3) is 12.8. The molecule has 0 bridgehead atoms. The number of hydrogen-bond donors (Lipinski definition) is 4. The van der Waals surface area contributed by atoms with Crippen LogP contribution in [0.15, 0.2) is 0 Å². The monoisotopic (exact) mass is 478 g/mol. The Kier molecular flexibility index (Phi) is 14.4. The lowest BCUT2D eigenvalue weighted by Gasteiger charge is -2.18. The third-order valence-corrected chi connectivity index (χ3v) is 4.43. The van der Waals surface area contributed by atoms with Crippen LogP contribution in [0.2, 0.25) is 0 Å². The van der Waals surface area contributed by atoms with E-state index in [1.807, 2.05) is 0 Å². The van der Waals surface area contributed by atoms with E-state index in [-0.39, 0.29) is 26.0 Å². The molecular weight excluding hydrogens is 448 g/mol. The lowest BCUT2D eigenvalue weighted by Crippen LogP contribution is -2.40. The molecule has 4 N–H and O–H groups in total. The number of esters is 1. The van der Waals surface area contributed by atoms with Crippen molar-refractivity contribution in [2.75, 3.05) is 21.0 Å². The van der Waals surface area contributed by atoms with Gasteiger partial charge >= 0.3 is 36.1 Å². The van der Waals surface area contributed by atoms with Crippen LogP contribution >= 0.6 is 0 Å². The number of rotatable bonds is 12. The summed E-state index contributed by atoms with van der Waals surface area (Å²) in [6, 6.07) is -1.70. The Balaban J connectivity index is 0.000000622. The Labute approximate surface area is 189 Å². The van der Waals surface area contributed by atoms with E-state index in [1.54, 1.807) is 0 Å². The second-order valence-corrected chi connectivity index (χ2v) is 6.85. The quantitative estimate of drug-likeness (QED) is 0.176. The van der Waals surface area contributed by atoms with Gasteiger partial charge in [-0.3, -0.25) is 14.5 Å². The highest BCUT2D eigenvalue weighted by molar-refractivity contribution is 5.83. The van der Waals surface area contributed by atoms with E-state index in [2.05, 4.69) is 14.8 Å². The first-order valence-electron chi connectivity index (χ1n) is 10.1. The molecule has 1 saturated heterocycles. The first-order valence-corrected chi connectivity index (χ1v) is 10.1. The molecule has 33 heavy (non-hydrogen) atoms. The van der Waals surface area contributed by atoms with Crippen molar-refractivity contribution >= 4 is 36.1 Å². The second-order valence-electron chi connectivity index (χ2n) is 6.85. The number of methoxy groups -OCH3 is 2. The Bertz CT molecular complexity index is 696. The fraction of sp³-hybridized carbons (Fsp3) is 0.684. The number of nitrogens with zero attached hydrogens (tertiary/aromatic N) is 1. The number of hydrogen-bond acceptors (Lipinski definition) is 9. The van der Waals surface area contributed by atoms with Crippen LogP contribution < -0.4 is 5.32 Å². The average Bonchev–Trinajstić information content (AvgIpc) is 3.12. The standard InChI is InChI=1S/C10H15NO6.C9H15NO6/c1-16-10(15)11-6-17-9(14)7(11)4-2-3-5-8(12)13;1-16-9(15)10-6(8(13)14)4-2-3-5-7(11)12/h7H,2-6H2,1H3,(H,12,13);6H,2-5H2,1H3,(H,10,15)(H,11,12)(H,13,14). The second kappa shape index (κ2) is 16.1. The third-order valence-electron chi connectivity index (χ3n) is 4.43. The molecule has 0 aliphatic carbocycles. The maximum atomic E-state index is 11.3. The minimum absolute atomic E-state index is 0.00936. The molecule has 2 amide bonds. The number of nitrogens with one attached hydrogen (secondary N) is 1. The topological polar surface area (TPSA) is 206 Å². The van der Waals surface area contributed by atoms with Gasteiger partial charge in [-0.2, -0.15) is 0 Å². The average molecular weight is 478 g/mol. The minimum Gasteiger partial charge on any atom is -0.481 e. The van der Waals surface area contributed by atoms with E-state index in [1.165, 1.54) is 12.0 Å². The molecule has 14 heteroatoms. The van der Waals surface area contributed by atoms with Crippen LogP contribution in [-0.4, -0.2) is 89.3 Å². The number of ether oxygens (including phenoxy) is 3. The molecule has 0 aromatic rings. The number of carbonyl (C=O) groups is 6. The SMILES string of the molecule is COC(=O)N1COC(=O)C1CCCCC(=O)O.COC(=O)NC(CCCCC(=O)O)C(=O)O. The first-order chi connectivity index (χ1) is 15.5. The molecular formula is C19H30N2O12. The minimum atomic E-state index is -1.17. The molecule has 1 aliphatic heterocycles. The summed E-state index contributed by atoms with van der Waals surface area (Å²) in [5.74, 6) is -3.43. The molecule has 14 nitrogen and oxygen atoms in total. The fourth-order valence-electron chi connectivity index (χ4n) is 2.71. The number of amides is 2. The van der Waals surface area contributed by atoms with Crippen LogP contribution in [-0.2, 0) is 33.4 Å².